The van der Waals surface area contributed by atoms with Gasteiger partial charge in [-0.3, -0.25) is 9.69 Å². The Labute approximate surface area is 214 Å². The van der Waals surface area contributed by atoms with Crippen molar-refractivity contribution in [1.82, 2.24) is 20.2 Å². The highest BCUT2D eigenvalue weighted by Gasteiger charge is 2.23. The van der Waals surface area contributed by atoms with Gasteiger partial charge >= 0.3 is 6.01 Å². The summed E-state index contributed by atoms with van der Waals surface area (Å²) in [4.78, 5) is 24.2. The third kappa shape index (κ3) is 6.63. The molecule has 0 spiro atoms. The molecule has 4 rings (SSSR count). The number of amides is 1. The lowest BCUT2D eigenvalue weighted by molar-refractivity contribution is -0.123. The summed E-state index contributed by atoms with van der Waals surface area (Å²) < 4.78 is 5.46. The summed E-state index contributed by atoms with van der Waals surface area (Å²) in [5.74, 6) is 0.201. The van der Waals surface area contributed by atoms with E-state index in [0.29, 0.717) is 22.5 Å². The number of nitrogens with one attached hydrogen (secondary N) is 1. The first-order chi connectivity index (χ1) is 16.5. The van der Waals surface area contributed by atoms with Crippen molar-refractivity contribution >= 4 is 40.9 Å². The lowest BCUT2D eigenvalue weighted by atomic mass is 10.1. The Morgan fingerprint density at radius 1 is 1.15 bits per heavy atom. The molecule has 6 nitrogen and oxygen atoms in total. The number of rotatable bonds is 9. The first-order valence-electron chi connectivity index (χ1n) is 11.0. The van der Waals surface area contributed by atoms with Gasteiger partial charge in [0, 0.05) is 42.5 Å². The number of hydrogen-bond acceptors (Lipinski definition) is 6. The van der Waals surface area contributed by atoms with Crippen molar-refractivity contribution in [2.45, 2.75) is 17.9 Å². The second-order valence-corrected chi connectivity index (χ2v) is 9.84. The second-order valence-electron chi connectivity index (χ2n) is 8.18. The molecule has 1 saturated heterocycles. The van der Waals surface area contributed by atoms with Crippen LogP contribution in [-0.2, 0) is 11.3 Å². The van der Waals surface area contributed by atoms with E-state index in [4.69, 9.17) is 27.9 Å². The summed E-state index contributed by atoms with van der Waals surface area (Å²) in [6, 6.07) is 14.1. The summed E-state index contributed by atoms with van der Waals surface area (Å²) in [7, 11) is 0. The zero-order valence-corrected chi connectivity index (χ0v) is 21.2. The van der Waals surface area contributed by atoms with Gasteiger partial charge in [0.05, 0.1) is 10.0 Å². The van der Waals surface area contributed by atoms with Crippen LogP contribution in [0, 0.1) is 5.92 Å². The van der Waals surface area contributed by atoms with E-state index < -0.39 is 0 Å². The van der Waals surface area contributed by atoms with E-state index in [1.165, 1.54) is 4.90 Å². The van der Waals surface area contributed by atoms with Crippen molar-refractivity contribution in [2.75, 3.05) is 32.5 Å². The van der Waals surface area contributed by atoms with Crippen LogP contribution in [0.4, 0.5) is 0 Å². The molecule has 0 aliphatic carbocycles. The smallest absolute Gasteiger partial charge is 0.316 e. The highest BCUT2D eigenvalue weighted by molar-refractivity contribution is 7.98. The van der Waals surface area contributed by atoms with Gasteiger partial charge in [-0.05, 0) is 54.5 Å². The molecule has 2 aromatic carbocycles. The molecule has 0 saturated carbocycles. The summed E-state index contributed by atoms with van der Waals surface area (Å²) in [5.41, 5.74) is 2.95. The molecule has 0 radical (unpaired) electrons. The molecule has 178 valence electrons. The largest absolute Gasteiger partial charge is 0.453 e. The van der Waals surface area contributed by atoms with Crippen molar-refractivity contribution in [3.63, 3.8) is 0 Å². The van der Waals surface area contributed by atoms with E-state index >= 15 is 0 Å². The van der Waals surface area contributed by atoms with Gasteiger partial charge < -0.3 is 10.1 Å². The summed E-state index contributed by atoms with van der Waals surface area (Å²) >= 11 is 14.1. The molecule has 1 unspecified atom stereocenters. The molecule has 9 heteroatoms. The molecule has 1 aliphatic heterocycles. The fraction of sp³-hybridized carbons (Fsp3) is 0.320. The standard InChI is InChI=1S/C25H26Cl2N4O2S/c1-34-21-7-5-18(6-8-21)20-12-29-25(30-13-20)33-16-23(32)28-11-17-9-10-31(14-17)15-19-3-2-4-22(26)24(19)27/h2-8,12-13,17H,9-11,14-16H2,1H3,(H,28,32). The van der Waals surface area contributed by atoms with E-state index in [-0.39, 0.29) is 18.5 Å². The van der Waals surface area contributed by atoms with Gasteiger partial charge in [-0.1, -0.05) is 47.5 Å². The number of nitrogens with zero attached hydrogens (tertiary/aromatic N) is 3. The van der Waals surface area contributed by atoms with Gasteiger partial charge in [0.15, 0.2) is 6.61 Å². The molecule has 1 aliphatic rings. The van der Waals surface area contributed by atoms with Gasteiger partial charge in [0.25, 0.3) is 5.91 Å². The molecule has 3 aromatic rings. The predicted molar refractivity (Wildman–Crippen MR) is 138 cm³/mol. The predicted octanol–water partition coefficient (Wildman–Crippen LogP) is 5.19. The number of aromatic nitrogens is 2. The maximum atomic E-state index is 12.2. The van der Waals surface area contributed by atoms with Crippen LogP contribution in [0.15, 0.2) is 59.8 Å². The highest BCUT2D eigenvalue weighted by atomic mass is 35.5. The molecular weight excluding hydrogens is 491 g/mol. The Hall–Kier alpha value is -2.32. The van der Waals surface area contributed by atoms with Crippen LogP contribution in [0.3, 0.4) is 0 Å². The molecule has 1 atom stereocenters. The number of ether oxygens (including phenoxy) is 1. The second kappa shape index (κ2) is 11.9. The van der Waals surface area contributed by atoms with Crippen LogP contribution in [0.25, 0.3) is 11.1 Å². The Balaban J connectivity index is 1.18. The third-order valence-corrected chi connectivity index (χ3v) is 7.37. The quantitative estimate of drug-likeness (QED) is 0.394. The molecule has 1 N–H and O–H groups in total. The fourth-order valence-corrected chi connectivity index (χ4v) is 4.69. The maximum Gasteiger partial charge on any atom is 0.316 e. The minimum absolute atomic E-state index is 0.115. The molecule has 2 heterocycles. The summed E-state index contributed by atoms with van der Waals surface area (Å²) in [6.45, 7) is 3.10. The van der Waals surface area contributed by atoms with Crippen LogP contribution in [0.1, 0.15) is 12.0 Å². The maximum absolute atomic E-state index is 12.2. The van der Waals surface area contributed by atoms with Crippen molar-refractivity contribution in [3.05, 3.63) is 70.5 Å². The van der Waals surface area contributed by atoms with Gasteiger partial charge in [0.2, 0.25) is 0 Å². The normalized spacial score (nSPS) is 15.9. The molecule has 0 bridgehead atoms. The zero-order valence-electron chi connectivity index (χ0n) is 18.8. The van der Waals surface area contributed by atoms with Gasteiger partial charge in [-0.2, -0.15) is 0 Å². The Kier molecular flexibility index (Phi) is 8.67. The van der Waals surface area contributed by atoms with Crippen LogP contribution in [0.2, 0.25) is 10.0 Å². The van der Waals surface area contributed by atoms with Crippen molar-refractivity contribution in [3.8, 4) is 17.1 Å². The fourth-order valence-electron chi connectivity index (χ4n) is 3.90. The number of carbonyl (C=O) groups excluding carboxylic acids is 1. The number of carbonyl (C=O) groups is 1. The third-order valence-electron chi connectivity index (χ3n) is 5.77. The number of likely N-dealkylation sites (tertiary alicyclic amines) is 1. The van der Waals surface area contributed by atoms with E-state index in [2.05, 4.69) is 32.3 Å². The summed E-state index contributed by atoms with van der Waals surface area (Å²) in [5, 5.41) is 4.14. The lowest BCUT2D eigenvalue weighted by Crippen LogP contribution is -2.34. The minimum atomic E-state index is -0.184. The number of halogens is 2. The minimum Gasteiger partial charge on any atom is -0.453 e. The average Bonchev–Trinajstić information content (AvgIpc) is 3.32. The Morgan fingerprint density at radius 2 is 1.91 bits per heavy atom. The van der Waals surface area contributed by atoms with Crippen LogP contribution < -0.4 is 10.1 Å². The van der Waals surface area contributed by atoms with Crippen LogP contribution >= 0.6 is 35.0 Å². The molecule has 1 fully saturated rings. The first-order valence-corrected chi connectivity index (χ1v) is 13.0. The van der Waals surface area contributed by atoms with Crippen molar-refractivity contribution in [1.29, 1.82) is 0 Å². The van der Waals surface area contributed by atoms with E-state index in [9.17, 15) is 4.79 Å². The highest BCUT2D eigenvalue weighted by Crippen LogP contribution is 2.28. The SMILES string of the molecule is CSc1ccc(-c2cnc(OCC(=O)NCC3CCN(Cc4cccc(Cl)c4Cl)C3)nc2)cc1. The summed E-state index contributed by atoms with van der Waals surface area (Å²) in [6.07, 6.45) is 6.46. The average molecular weight is 517 g/mol. The van der Waals surface area contributed by atoms with Gasteiger partial charge in [-0.25, -0.2) is 9.97 Å². The van der Waals surface area contributed by atoms with E-state index in [1.807, 2.05) is 30.5 Å². The van der Waals surface area contributed by atoms with Crippen LogP contribution in [-0.4, -0.2) is 53.3 Å². The molecule has 1 amide bonds. The Morgan fingerprint density at radius 3 is 2.65 bits per heavy atom. The van der Waals surface area contributed by atoms with Crippen molar-refractivity contribution < 1.29 is 9.53 Å². The number of thioether (sulfide) groups is 1. The van der Waals surface area contributed by atoms with Gasteiger partial charge in [-0.15, -0.1) is 11.8 Å². The number of benzene rings is 2. The van der Waals surface area contributed by atoms with Crippen LogP contribution in [0.5, 0.6) is 6.01 Å². The lowest BCUT2D eigenvalue weighted by Gasteiger charge is -2.17. The topological polar surface area (TPSA) is 67.3 Å². The first kappa shape index (κ1) is 24.8. The molecule has 1 aromatic heterocycles. The molecular formula is C25H26Cl2N4O2S. The van der Waals surface area contributed by atoms with E-state index in [0.717, 1.165) is 42.7 Å². The number of hydrogen-bond donors (Lipinski definition) is 1. The van der Waals surface area contributed by atoms with E-state index in [1.54, 1.807) is 30.2 Å². The van der Waals surface area contributed by atoms with Gasteiger partial charge in [0.1, 0.15) is 0 Å². The zero-order chi connectivity index (χ0) is 23.9. The van der Waals surface area contributed by atoms with Crippen molar-refractivity contribution in [2.24, 2.45) is 5.92 Å². The Bertz CT molecular complexity index is 1110. The molecule has 34 heavy (non-hydrogen) atoms. The monoisotopic (exact) mass is 516 g/mol.